The van der Waals surface area contributed by atoms with Gasteiger partial charge in [-0.05, 0) is 58.9 Å². The molecule has 4 aromatic rings. The molecule has 1 aliphatic rings. The van der Waals surface area contributed by atoms with Gasteiger partial charge in [-0.15, -0.1) is 0 Å². The minimum absolute atomic E-state index is 0.0533. The lowest BCUT2D eigenvalue weighted by molar-refractivity contribution is -0.118. The van der Waals surface area contributed by atoms with E-state index in [1.165, 1.54) is 0 Å². The van der Waals surface area contributed by atoms with Gasteiger partial charge in [0.1, 0.15) is 24.7 Å². The van der Waals surface area contributed by atoms with E-state index in [1.54, 1.807) is 46.6 Å². The van der Waals surface area contributed by atoms with Gasteiger partial charge in [0, 0.05) is 56.6 Å². The second kappa shape index (κ2) is 10.7. The van der Waals surface area contributed by atoms with Crippen LogP contribution in [0.2, 0.25) is 10.0 Å². The number of primary amides is 1. The molecule has 0 spiro atoms. The quantitative estimate of drug-likeness (QED) is 0.304. The number of nitrogens with zero attached hydrogens (tertiary/aromatic N) is 5. The van der Waals surface area contributed by atoms with Crippen molar-refractivity contribution in [3.05, 3.63) is 63.0 Å². The van der Waals surface area contributed by atoms with Gasteiger partial charge in [-0.25, -0.2) is 4.68 Å². The van der Waals surface area contributed by atoms with E-state index in [0.29, 0.717) is 49.7 Å². The van der Waals surface area contributed by atoms with Crippen LogP contribution in [0.5, 0.6) is 11.5 Å². The Labute approximate surface area is 253 Å². The van der Waals surface area contributed by atoms with Gasteiger partial charge >= 0.3 is 0 Å². The van der Waals surface area contributed by atoms with Gasteiger partial charge in [0.05, 0.1) is 24.2 Å². The van der Waals surface area contributed by atoms with Crippen molar-refractivity contribution in [1.29, 1.82) is 0 Å². The van der Waals surface area contributed by atoms with E-state index in [-0.39, 0.29) is 24.8 Å². The number of carbonyl (C=O) groups excluding carboxylic acids is 2. The molecule has 0 aliphatic carbocycles. The van der Waals surface area contributed by atoms with Crippen LogP contribution in [-0.2, 0) is 17.9 Å². The number of aromatic nitrogens is 4. The van der Waals surface area contributed by atoms with Crippen LogP contribution in [0.4, 0.5) is 0 Å². The van der Waals surface area contributed by atoms with Crippen LogP contribution in [0, 0.1) is 13.8 Å². The number of benzene rings is 2. The Morgan fingerprint density at radius 3 is 2.33 bits per heavy atom. The van der Waals surface area contributed by atoms with Gasteiger partial charge in [-0.2, -0.15) is 10.2 Å². The molecule has 10 nitrogen and oxygen atoms in total. The number of nitrogens with two attached hydrogens (primary N) is 1. The molecule has 2 aromatic carbocycles. The molecule has 2 aromatic heterocycles. The van der Waals surface area contributed by atoms with Crippen molar-refractivity contribution < 1.29 is 19.1 Å². The third-order valence-electron chi connectivity index (χ3n) is 7.47. The van der Waals surface area contributed by atoms with Gasteiger partial charge < -0.3 is 20.1 Å². The molecule has 0 fully saturated rings. The lowest BCUT2D eigenvalue weighted by atomic mass is 9.94. The van der Waals surface area contributed by atoms with Crippen molar-refractivity contribution in [3.63, 3.8) is 0 Å². The summed E-state index contributed by atoms with van der Waals surface area (Å²) in [6, 6.07) is 8.86. The van der Waals surface area contributed by atoms with E-state index in [9.17, 15) is 9.59 Å². The first-order chi connectivity index (χ1) is 19.7. The summed E-state index contributed by atoms with van der Waals surface area (Å²) >= 11 is 12.8. The average Bonchev–Trinajstić information content (AvgIpc) is 3.42. The number of rotatable bonds is 6. The normalized spacial score (nSPS) is 12.4. The maximum absolute atomic E-state index is 13.8. The zero-order chi connectivity index (χ0) is 30.7. The lowest BCUT2D eigenvalue weighted by Gasteiger charge is -2.31. The fourth-order valence-corrected chi connectivity index (χ4v) is 5.63. The van der Waals surface area contributed by atoms with Crippen molar-refractivity contribution in [2.75, 3.05) is 14.2 Å². The van der Waals surface area contributed by atoms with Crippen LogP contribution in [-0.4, -0.2) is 56.0 Å². The standard InChI is InChI=1S/C30H32Cl2N6O4/c1-15-26(16(2)37(34-15)13-25(33)39)20-11-21-24(12-23(20)41-7)42-14-22-27(29(40)36(6)30(3,4)5)35-38(28(21)22)19-9-17(31)8-18(32)10-19/h8-12H,13-14H2,1-7H3,(H2,33,39). The Kier molecular flexibility index (Phi) is 7.49. The van der Waals surface area contributed by atoms with Crippen molar-refractivity contribution in [1.82, 2.24) is 24.5 Å². The van der Waals surface area contributed by atoms with E-state index in [2.05, 4.69) is 5.10 Å². The smallest absolute Gasteiger partial charge is 0.274 e. The summed E-state index contributed by atoms with van der Waals surface area (Å²) in [5.41, 5.74) is 10.8. The second-order valence-electron chi connectivity index (χ2n) is 11.3. The van der Waals surface area contributed by atoms with E-state index < -0.39 is 11.4 Å². The summed E-state index contributed by atoms with van der Waals surface area (Å²) in [6.45, 7) is 9.67. The molecule has 2 N–H and O–H groups in total. The van der Waals surface area contributed by atoms with Gasteiger partial charge in [-0.3, -0.25) is 14.3 Å². The minimum Gasteiger partial charge on any atom is -0.496 e. The fraction of sp³-hybridized carbons (Fsp3) is 0.333. The van der Waals surface area contributed by atoms with E-state index >= 15 is 0 Å². The number of amides is 2. The molecule has 0 unspecified atom stereocenters. The number of ether oxygens (including phenoxy) is 2. The molecular weight excluding hydrogens is 579 g/mol. The van der Waals surface area contributed by atoms with Crippen molar-refractivity contribution in [2.24, 2.45) is 5.73 Å². The van der Waals surface area contributed by atoms with Crippen LogP contribution < -0.4 is 15.2 Å². The molecule has 220 valence electrons. The summed E-state index contributed by atoms with van der Waals surface area (Å²) in [4.78, 5) is 27.1. The predicted octanol–water partition coefficient (Wildman–Crippen LogP) is 5.58. The summed E-state index contributed by atoms with van der Waals surface area (Å²) in [7, 11) is 3.33. The van der Waals surface area contributed by atoms with Gasteiger partial charge in [0.25, 0.3) is 5.91 Å². The second-order valence-corrected chi connectivity index (χ2v) is 12.1. The molecule has 42 heavy (non-hydrogen) atoms. The Morgan fingerprint density at radius 1 is 1.07 bits per heavy atom. The monoisotopic (exact) mass is 610 g/mol. The lowest BCUT2D eigenvalue weighted by Crippen LogP contribution is -2.43. The SMILES string of the molecule is COc1cc2c(cc1-c1c(C)nn(CC(N)=O)c1C)-c1c(c(C(=O)N(C)C(C)(C)C)nn1-c1cc(Cl)cc(Cl)c1)CO2. The molecule has 0 radical (unpaired) electrons. The minimum atomic E-state index is -0.496. The molecule has 0 atom stereocenters. The number of methoxy groups -OCH3 is 1. The third kappa shape index (κ3) is 5.09. The maximum Gasteiger partial charge on any atom is 0.274 e. The highest BCUT2D eigenvalue weighted by atomic mass is 35.5. The average molecular weight is 612 g/mol. The number of hydrogen-bond acceptors (Lipinski definition) is 6. The number of halogens is 2. The topological polar surface area (TPSA) is 118 Å². The predicted molar refractivity (Wildman–Crippen MR) is 162 cm³/mol. The maximum atomic E-state index is 13.8. The highest BCUT2D eigenvalue weighted by Crippen LogP contribution is 2.47. The van der Waals surface area contributed by atoms with Gasteiger partial charge in [0.2, 0.25) is 5.91 Å². The Balaban J connectivity index is 1.80. The van der Waals surface area contributed by atoms with E-state index in [0.717, 1.165) is 16.8 Å². The van der Waals surface area contributed by atoms with Gasteiger partial charge in [-0.1, -0.05) is 23.2 Å². The van der Waals surface area contributed by atoms with Crippen molar-refractivity contribution in [2.45, 2.75) is 53.3 Å². The first kappa shape index (κ1) is 29.5. The zero-order valence-electron chi connectivity index (χ0n) is 24.5. The highest BCUT2D eigenvalue weighted by Gasteiger charge is 2.35. The molecule has 5 rings (SSSR count). The molecule has 0 bridgehead atoms. The van der Waals surface area contributed by atoms with Crippen molar-refractivity contribution >= 4 is 35.0 Å². The molecule has 1 aliphatic heterocycles. The van der Waals surface area contributed by atoms with E-state index in [4.69, 9.17) is 43.5 Å². The molecule has 0 saturated carbocycles. The Bertz CT molecular complexity index is 1730. The highest BCUT2D eigenvalue weighted by molar-refractivity contribution is 6.34. The summed E-state index contributed by atoms with van der Waals surface area (Å²) in [5, 5.41) is 10.2. The van der Waals surface area contributed by atoms with E-state index in [1.807, 2.05) is 46.8 Å². The first-order valence-corrected chi connectivity index (χ1v) is 14.0. The zero-order valence-corrected chi connectivity index (χ0v) is 26.0. The summed E-state index contributed by atoms with van der Waals surface area (Å²) in [6.07, 6.45) is 0. The van der Waals surface area contributed by atoms with Gasteiger partial charge in [0.15, 0.2) is 5.69 Å². The van der Waals surface area contributed by atoms with Crippen LogP contribution in [0.25, 0.3) is 28.1 Å². The Hall–Kier alpha value is -4.02. The molecule has 2 amide bonds. The fourth-order valence-electron chi connectivity index (χ4n) is 5.12. The summed E-state index contributed by atoms with van der Waals surface area (Å²) in [5.74, 6) is 0.373. The van der Waals surface area contributed by atoms with Crippen LogP contribution >= 0.6 is 23.2 Å². The van der Waals surface area contributed by atoms with Crippen LogP contribution in [0.3, 0.4) is 0 Å². The third-order valence-corrected chi connectivity index (χ3v) is 7.91. The Morgan fingerprint density at radius 2 is 1.74 bits per heavy atom. The largest absolute Gasteiger partial charge is 0.496 e. The molecule has 0 saturated heterocycles. The molecular formula is C30H32Cl2N6O4. The van der Waals surface area contributed by atoms with Crippen molar-refractivity contribution in [3.8, 4) is 39.6 Å². The van der Waals surface area contributed by atoms with Crippen LogP contribution in [0.1, 0.15) is 48.2 Å². The number of aryl methyl sites for hydroxylation is 1. The molecule has 3 heterocycles. The summed E-state index contributed by atoms with van der Waals surface area (Å²) < 4.78 is 15.3. The number of hydrogen-bond donors (Lipinski definition) is 1. The van der Waals surface area contributed by atoms with Crippen LogP contribution in [0.15, 0.2) is 30.3 Å². The first-order valence-electron chi connectivity index (χ1n) is 13.3. The number of fused-ring (bicyclic) bond motifs is 3. The molecule has 12 heteroatoms. The number of carbonyl (C=O) groups is 2.